The summed E-state index contributed by atoms with van der Waals surface area (Å²) < 4.78 is 28.1. The molecule has 0 bridgehead atoms. The van der Waals surface area contributed by atoms with Crippen LogP contribution in [0.1, 0.15) is 35.8 Å². The zero-order valence-corrected chi connectivity index (χ0v) is 18.8. The Morgan fingerprint density at radius 3 is 2.48 bits per heavy atom. The first-order chi connectivity index (χ1) is 14.8. The highest BCUT2D eigenvalue weighted by molar-refractivity contribution is 5.60. The van der Waals surface area contributed by atoms with Gasteiger partial charge in [0.25, 0.3) is 5.95 Å². The summed E-state index contributed by atoms with van der Waals surface area (Å²) >= 11 is 0. The quantitative estimate of drug-likeness (QED) is 0.677. The molecule has 1 unspecified atom stereocenters. The Balaban J connectivity index is 1.60. The van der Waals surface area contributed by atoms with E-state index in [9.17, 15) is 4.79 Å². The van der Waals surface area contributed by atoms with Gasteiger partial charge in [0.2, 0.25) is 0 Å². The van der Waals surface area contributed by atoms with E-state index in [4.69, 9.17) is 23.4 Å². The first-order valence-corrected chi connectivity index (χ1v) is 10.3. The number of fused-ring (bicyclic) bond motifs is 1. The van der Waals surface area contributed by atoms with E-state index in [1.807, 2.05) is 18.2 Å². The Hall–Kier alpha value is -2.99. The van der Waals surface area contributed by atoms with Gasteiger partial charge in [-0.05, 0) is 50.5 Å². The molecule has 0 N–H and O–H groups in total. The fraction of sp³-hybridized carbons (Fsp3) is 0.400. The molecule has 2 heterocycles. The van der Waals surface area contributed by atoms with Gasteiger partial charge in [0.1, 0.15) is 11.4 Å². The third kappa shape index (κ3) is 3.55. The minimum atomic E-state index is -0.556. The van der Waals surface area contributed by atoms with Crippen molar-refractivity contribution in [3.63, 3.8) is 0 Å². The second-order valence-corrected chi connectivity index (χ2v) is 8.16. The summed E-state index contributed by atoms with van der Waals surface area (Å²) in [5.41, 5.74) is 3.81. The van der Waals surface area contributed by atoms with Crippen LogP contribution in [0.15, 0.2) is 44.6 Å². The maximum Gasteiger partial charge on any atom is 0.291 e. The average molecular weight is 424 g/mol. The van der Waals surface area contributed by atoms with E-state index in [2.05, 4.69) is 19.1 Å². The van der Waals surface area contributed by atoms with Crippen LogP contribution in [0.5, 0.6) is 17.4 Å². The minimum absolute atomic E-state index is 0.0521. The van der Waals surface area contributed by atoms with Crippen molar-refractivity contribution in [3.05, 3.63) is 68.1 Å². The first kappa shape index (κ1) is 21.2. The van der Waals surface area contributed by atoms with E-state index in [1.54, 1.807) is 28.1 Å². The van der Waals surface area contributed by atoms with Gasteiger partial charge >= 0.3 is 0 Å². The molecule has 31 heavy (non-hydrogen) atoms. The zero-order valence-electron chi connectivity index (χ0n) is 18.8. The zero-order chi connectivity index (χ0) is 22.3. The van der Waals surface area contributed by atoms with Gasteiger partial charge in [0.15, 0.2) is 16.9 Å². The van der Waals surface area contributed by atoms with Gasteiger partial charge in [-0.2, -0.15) is 0 Å². The number of methoxy groups -OCH3 is 3. The van der Waals surface area contributed by atoms with Gasteiger partial charge in [-0.1, -0.05) is 23.8 Å². The molecule has 1 saturated heterocycles. The molecule has 2 fully saturated rings. The summed E-state index contributed by atoms with van der Waals surface area (Å²) in [6.45, 7) is 6.09. The lowest BCUT2D eigenvalue weighted by molar-refractivity contribution is 0.0446. The Morgan fingerprint density at radius 1 is 1.10 bits per heavy atom. The maximum atomic E-state index is 12.6. The van der Waals surface area contributed by atoms with Gasteiger partial charge in [-0.3, -0.25) is 4.79 Å². The fourth-order valence-electron chi connectivity index (χ4n) is 4.47. The molecule has 4 rings (SSSR count). The largest absolute Gasteiger partial charge is 0.493 e. The molecule has 2 aromatic rings. The van der Waals surface area contributed by atoms with E-state index < -0.39 is 5.60 Å². The second-order valence-electron chi connectivity index (χ2n) is 8.16. The molecule has 1 aromatic heterocycles. The topological polar surface area (TPSA) is 67.1 Å². The third-order valence-corrected chi connectivity index (χ3v) is 6.16. The van der Waals surface area contributed by atoms with Crippen molar-refractivity contribution >= 4 is 6.08 Å². The highest BCUT2D eigenvalue weighted by Gasteiger charge is 2.65. The third-order valence-electron chi connectivity index (χ3n) is 6.16. The highest BCUT2D eigenvalue weighted by atomic mass is 16.6. The predicted molar refractivity (Wildman–Crippen MR) is 118 cm³/mol. The standard InChI is InChI=1S/C25H28O6/c1-14(9-17-7-8-20(27-4)21(11-17)28-5)10-18-13-30-25(12-19(18)25)23-15(2)22(26)16(3)24(29-6)31-23/h7-11,19H,12-13H2,1-6H3/b14-9+,18-10+/t19?,25-/m1/s1. The van der Waals surface area contributed by atoms with Crippen molar-refractivity contribution in [1.29, 1.82) is 0 Å². The Morgan fingerprint density at radius 2 is 1.84 bits per heavy atom. The lowest BCUT2D eigenvalue weighted by atomic mass is 10.0. The van der Waals surface area contributed by atoms with Gasteiger partial charge in [-0.15, -0.1) is 0 Å². The first-order valence-electron chi connectivity index (χ1n) is 10.3. The minimum Gasteiger partial charge on any atom is -0.493 e. The molecule has 6 nitrogen and oxygen atoms in total. The van der Waals surface area contributed by atoms with Crippen LogP contribution in [0.3, 0.4) is 0 Å². The highest BCUT2D eigenvalue weighted by Crippen LogP contribution is 2.64. The second kappa shape index (κ2) is 7.93. The number of hydrogen-bond acceptors (Lipinski definition) is 6. The number of benzene rings is 1. The van der Waals surface area contributed by atoms with Crippen LogP contribution in [0.25, 0.3) is 6.08 Å². The molecular weight excluding hydrogens is 396 g/mol. The summed E-state index contributed by atoms with van der Waals surface area (Å²) in [5.74, 6) is 2.45. The van der Waals surface area contributed by atoms with Crippen LogP contribution >= 0.6 is 0 Å². The van der Waals surface area contributed by atoms with E-state index in [-0.39, 0.29) is 17.3 Å². The summed E-state index contributed by atoms with van der Waals surface area (Å²) in [5, 5.41) is 0. The van der Waals surface area contributed by atoms with E-state index in [1.165, 1.54) is 12.7 Å². The van der Waals surface area contributed by atoms with Gasteiger partial charge < -0.3 is 23.4 Å². The SMILES string of the molecule is COc1ccc(/C=C(C)/C=C2\CO[C@]3(c4oc(OC)c(C)c(=O)c4C)CC23)cc1OC. The van der Waals surface area contributed by atoms with Crippen LogP contribution in [-0.2, 0) is 10.3 Å². The Bertz CT molecular complexity index is 1140. The fourth-order valence-corrected chi connectivity index (χ4v) is 4.47. The molecule has 164 valence electrons. The van der Waals surface area contributed by atoms with Crippen molar-refractivity contribution in [2.24, 2.45) is 5.92 Å². The Labute approximate surface area is 182 Å². The molecular formula is C25H28O6. The predicted octanol–water partition coefficient (Wildman–Crippen LogP) is 4.56. The molecule has 2 atom stereocenters. The molecule has 1 aliphatic heterocycles. The normalized spacial score (nSPS) is 23.6. The molecule has 0 amide bonds. The van der Waals surface area contributed by atoms with Crippen LogP contribution in [0.2, 0.25) is 0 Å². The number of ether oxygens (including phenoxy) is 4. The summed E-state index contributed by atoms with van der Waals surface area (Å²) in [6.07, 6.45) is 5.06. The van der Waals surface area contributed by atoms with E-state index in [0.29, 0.717) is 35.0 Å². The van der Waals surface area contributed by atoms with Crippen molar-refractivity contribution in [2.75, 3.05) is 27.9 Å². The molecule has 0 spiro atoms. The number of allylic oxidation sites excluding steroid dienone is 2. The molecule has 1 aliphatic carbocycles. The molecule has 6 heteroatoms. The van der Waals surface area contributed by atoms with Gasteiger partial charge in [0, 0.05) is 11.5 Å². The number of hydrogen-bond donors (Lipinski definition) is 0. The molecule has 0 radical (unpaired) electrons. The van der Waals surface area contributed by atoms with Crippen LogP contribution in [0.4, 0.5) is 0 Å². The van der Waals surface area contributed by atoms with Gasteiger partial charge in [0.05, 0.1) is 33.5 Å². The number of rotatable bonds is 6. The van der Waals surface area contributed by atoms with Crippen molar-refractivity contribution in [2.45, 2.75) is 32.8 Å². The average Bonchev–Trinajstić information content (AvgIpc) is 3.41. The summed E-state index contributed by atoms with van der Waals surface area (Å²) in [6, 6.07) is 5.84. The lowest BCUT2D eigenvalue weighted by Gasteiger charge is -2.15. The monoisotopic (exact) mass is 424 g/mol. The summed E-state index contributed by atoms with van der Waals surface area (Å²) in [7, 11) is 4.76. The van der Waals surface area contributed by atoms with E-state index in [0.717, 1.165) is 17.6 Å². The lowest BCUT2D eigenvalue weighted by Crippen LogP contribution is -2.20. The van der Waals surface area contributed by atoms with Crippen LogP contribution in [-0.4, -0.2) is 27.9 Å². The van der Waals surface area contributed by atoms with Crippen molar-refractivity contribution in [3.8, 4) is 17.4 Å². The smallest absolute Gasteiger partial charge is 0.291 e. The molecule has 2 aliphatic rings. The summed E-state index contributed by atoms with van der Waals surface area (Å²) in [4.78, 5) is 12.6. The van der Waals surface area contributed by atoms with Crippen LogP contribution in [0, 0.1) is 19.8 Å². The van der Waals surface area contributed by atoms with Crippen molar-refractivity contribution < 1.29 is 23.4 Å². The van der Waals surface area contributed by atoms with Crippen LogP contribution < -0.4 is 19.6 Å². The molecule has 1 saturated carbocycles. The molecule has 1 aromatic carbocycles. The Kier molecular flexibility index (Phi) is 5.43. The maximum absolute atomic E-state index is 12.6. The van der Waals surface area contributed by atoms with E-state index >= 15 is 0 Å². The van der Waals surface area contributed by atoms with Gasteiger partial charge in [-0.25, -0.2) is 0 Å². The van der Waals surface area contributed by atoms with Crippen molar-refractivity contribution in [1.82, 2.24) is 0 Å².